The van der Waals surface area contributed by atoms with Crippen LogP contribution >= 0.6 is 0 Å². The van der Waals surface area contributed by atoms with Crippen molar-refractivity contribution in [3.05, 3.63) is 12.0 Å². The van der Waals surface area contributed by atoms with E-state index in [0.29, 0.717) is 16.7 Å². The maximum absolute atomic E-state index is 10.9. The Labute approximate surface area is 149 Å². The smallest absolute Gasteiger partial charge is 0.333 e. The zero-order valence-corrected chi connectivity index (χ0v) is 14.9. The van der Waals surface area contributed by atoms with Crippen LogP contribution in [0.5, 0.6) is 0 Å². The summed E-state index contributed by atoms with van der Waals surface area (Å²) in [6.07, 6.45) is -3.82. The Kier molecular flexibility index (Phi) is 4.85. The van der Waals surface area contributed by atoms with Gasteiger partial charge in [-0.2, -0.15) is 13.5 Å². The molecule has 0 aromatic carbocycles. The Balaban J connectivity index is 1.98. The van der Waals surface area contributed by atoms with Crippen molar-refractivity contribution in [2.75, 3.05) is 12.3 Å². The van der Waals surface area contributed by atoms with E-state index < -0.39 is 41.5 Å². The number of anilines is 1. The Morgan fingerprint density at radius 3 is 2.65 bits per heavy atom. The fraction of sp³-hybridized carbons (Fsp3) is 0.615. The van der Waals surface area contributed by atoms with E-state index in [1.165, 1.54) is 11.0 Å². The molecule has 0 bridgehead atoms. The van der Waals surface area contributed by atoms with E-state index in [2.05, 4.69) is 19.2 Å². The molecule has 144 valence electrons. The normalized spacial score (nSPS) is 26.8. The second-order valence-corrected chi connectivity index (χ2v) is 7.49. The van der Waals surface area contributed by atoms with Gasteiger partial charge in [0.05, 0.1) is 17.7 Å². The molecule has 0 spiro atoms. The zero-order chi connectivity index (χ0) is 19.2. The van der Waals surface area contributed by atoms with Crippen LogP contribution in [0.25, 0.3) is 11.0 Å². The molecule has 3 heterocycles. The minimum Gasteiger partial charge on any atom is -0.387 e. The van der Waals surface area contributed by atoms with Gasteiger partial charge in [0.1, 0.15) is 30.5 Å². The maximum Gasteiger partial charge on any atom is 0.333 e. The third-order valence-electron chi connectivity index (χ3n) is 4.07. The summed E-state index contributed by atoms with van der Waals surface area (Å²) in [5.41, 5.74) is 6.86. The van der Waals surface area contributed by atoms with E-state index in [9.17, 15) is 18.6 Å². The van der Waals surface area contributed by atoms with Crippen LogP contribution in [0.1, 0.15) is 31.7 Å². The number of nitrogen functional groups attached to an aromatic ring is 1. The number of ether oxygens (including phenoxy) is 1. The lowest BCUT2D eigenvalue weighted by molar-refractivity contribution is -0.0528. The van der Waals surface area contributed by atoms with Gasteiger partial charge in [0, 0.05) is 0 Å². The van der Waals surface area contributed by atoms with Crippen molar-refractivity contribution >= 4 is 27.2 Å². The second kappa shape index (κ2) is 6.68. The molecule has 0 unspecified atom stereocenters. The van der Waals surface area contributed by atoms with Crippen LogP contribution in [0.3, 0.4) is 0 Å². The van der Waals surface area contributed by atoms with E-state index >= 15 is 0 Å². The summed E-state index contributed by atoms with van der Waals surface area (Å²) in [5, 5.41) is 30.2. The summed E-state index contributed by atoms with van der Waals surface area (Å²) in [5.74, 6) is 0.212. The van der Waals surface area contributed by atoms with Gasteiger partial charge in [-0.25, -0.2) is 19.8 Å². The molecule has 6 N–H and O–H groups in total. The van der Waals surface area contributed by atoms with Crippen LogP contribution < -0.4 is 10.9 Å². The summed E-state index contributed by atoms with van der Waals surface area (Å²) >= 11 is 0. The van der Waals surface area contributed by atoms with E-state index in [-0.39, 0.29) is 11.7 Å². The lowest BCUT2D eigenvalue weighted by atomic mass is 10.1. The third-order valence-corrected chi connectivity index (χ3v) is 4.53. The zero-order valence-electron chi connectivity index (χ0n) is 14.1. The maximum atomic E-state index is 10.9. The quantitative estimate of drug-likeness (QED) is 0.463. The van der Waals surface area contributed by atoms with E-state index in [4.69, 9.17) is 15.6 Å². The first-order chi connectivity index (χ1) is 12.1. The van der Waals surface area contributed by atoms with Crippen molar-refractivity contribution in [1.82, 2.24) is 19.7 Å². The first kappa shape index (κ1) is 18.9. The van der Waals surface area contributed by atoms with Crippen LogP contribution in [0.15, 0.2) is 6.33 Å². The number of aliphatic hydroxyl groups is 2. The number of fused-ring (bicyclic) bond motifs is 1. The number of aliphatic hydroxyl groups excluding tert-OH is 2. The van der Waals surface area contributed by atoms with E-state index in [0.717, 1.165) is 0 Å². The summed E-state index contributed by atoms with van der Waals surface area (Å²) in [6.45, 7) is 3.26. The molecule has 1 fully saturated rings. The van der Waals surface area contributed by atoms with Crippen LogP contribution in [0.4, 0.5) is 5.82 Å². The molecule has 13 heteroatoms. The number of rotatable bonds is 5. The van der Waals surface area contributed by atoms with Crippen molar-refractivity contribution < 1.29 is 27.6 Å². The van der Waals surface area contributed by atoms with Crippen molar-refractivity contribution in [3.63, 3.8) is 0 Å². The molecule has 12 nitrogen and oxygen atoms in total. The molecule has 0 radical (unpaired) electrons. The summed E-state index contributed by atoms with van der Waals surface area (Å²) in [7, 11) is -4.21. The number of hydrogen-bond donors (Lipinski definition) is 4. The van der Waals surface area contributed by atoms with Crippen molar-refractivity contribution in [2.24, 2.45) is 5.14 Å². The highest BCUT2D eigenvalue weighted by Crippen LogP contribution is 2.34. The molecule has 2 aromatic heterocycles. The molecule has 26 heavy (non-hydrogen) atoms. The molecule has 0 aliphatic carbocycles. The van der Waals surface area contributed by atoms with Crippen molar-refractivity contribution in [3.8, 4) is 0 Å². The molecule has 3 rings (SSSR count). The molecular weight excluding hydrogens is 368 g/mol. The van der Waals surface area contributed by atoms with Gasteiger partial charge in [0.15, 0.2) is 11.9 Å². The van der Waals surface area contributed by atoms with Gasteiger partial charge in [-0.1, -0.05) is 13.8 Å². The predicted molar refractivity (Wildman–Crippen MR) is 88.8 cm³/mol. The highest BCUT2D eigenvalue weighted by Gasteiger charge is 2.45. The first-order valence-corrected chi connectivity index (χ1v) is 9.24. The van der Waals surface area contributed by atoms with Gasteiger partial charge in [-0.3, -0.25) is 4.18 Å². The molecular formula is C13H20N6O6S. The molecule has 0 amide bonds. The molecule has 1 saturated heterocycles. The van der Waals surface area contributed by atoms with Gasteiger partial charge in [-0.15, -0.1) is 0 Å². The first-order valence-electron chi connectivity index (χ1n) is 7.77. The van der Waals surface area contributed by atoms with Gasteiger partial charge in [0.2, 0.25) is 0 Å². The largest absolute Gasteiger partial charge is 0.387 e. The van der Waals surface area contributed by atoms with Gasteiger partial charge >= 0.3 is 10.3 Å². The van der Waals surface area contributed by atoms with Crippen LogP contribution in [0.2, 0.25) is 0 Å². The highest BCUT2D eigenvalue weighted by molar-refractivity contribution is 7.84. The summed E-state index contributed by atoms with van der Waals surface area (Å²) < 4.78 is 33.2. The molecule has 4 atom stereocenters. The molecule has 0 saturated carbocycles. The lowest BCUT2D eigenvalue weighted by Crippen LogP contribution is -2.35. The Bertz CT molecular complexity index is 915. The highest BCUT2D eigenvalue weighted by atomic mass is 32.2. The fourth-order valence-corrected chi connectivity index (χ4v) is 3.16. The number of nitrogens with two attached hydrogens (primary N) is 2. The molecule has 2 aromatic rings. The lowest BCUT2D eigenvalue weighted by Gasteiger charge is -2.15. The molecule has 1 aliphatic heterocycles. The third kappa shape index (κ3) is 3.36. The van der Waals surface area contributed by atoms with E-state index in [1.807, 2.05) is 13.8 Å². The Morgan fingerprint density at radius 1 is 1.35 bits per heavy atom. The summed E-state index contributed by atoms with van der Waals surface area (Å²) in [4.78, 5) is 8.10. The Morgan fingerprint density at radius 2 is 2.04 bits per heavy atom. The average molecular weight is 388 g/mol. The molecule has 1 aliphatic rings. The summed E-state index contributed by atoms with van der Waals surface area (Å²) in [6, 6.07) is 0. The number of nitrogens with zero attached hydrogens (tertiary/aromatic N) is 4. The minimum absolute atomic E-state index is 0.0166. The van der Waals surface area contributed by atoms with Gasteiger partial charge in [-0.05, 0) is 5.92 Å². The average Bonchev–Trinajstić information content (AvgIpc) is 3.06. The van der Waals surface area contributed by atoms with Crippen molar-refractivity contribution in [1.29, 1.82) is 0 Å². The van der Waals surface area contributed by atoms with Gasteiger partial charge < -0.3 is 20.7 Å². The predicted octanol–water partition coefficient (Wildman–Crippen LogP) is -1.63. The van der Waals surface area contributed by atoms with Crippen LogP contribution in [0, 0.1) is 0 Å². The topological polar surface area (TPSA) is 189 Å². The standard InChI is InChI=1S/C13H20N6O6S/c1-5(2)8-7-11(14)16-4-17-12(7)19(18-8)13-10(21)9(20)6(25-13)3-24-26(15,22)23/h4-6,9-10,13,20-21H,3H2,1-2H3,(H2,14,16,17)(H2,15,22,23)/t6-,9-,10-,13-/m1/s1. The van der Waals surface area contributed by atoms with Crippen LogP contribution in [-0.4, -0.2) is 63.3 Å². The van der Waals surface area contributed by atoms with E-state index in [1.54, 1.807) is 0 Å². The van der Waals surface area contributed by atoms with Crippen LogP contribution in [-0.2, 0) is 19.2 Å². The SMILES string of the molecule is CC(C)c1nn([C@@H]2O[C@H](COS(N)(=O)=O)[C@@H](O)[C@H]2O)c2ncnc(N)c12. The number of aromatic nitrogens is 4. The van der Waals surface area contributed by atoms with Crippen molar-refractivity contribution in [2.45, 2.75) is 44.3 Å². The monoisotopic (exact) mass is 388 g/mol. The minimum atomic E-state index is -4.21. The Hall–Kier alpha value is -1.90. The fourth-order valence-electron chi connectivity index (χ4n) is 2.83. The van der Waals surface area contributed by atoms with Gasteiger partial charge in [0.25, 0.3) is 0 Å². The second-order valence-electron chi connectivity index (χ2n) is 6.27. The number of hydrogen-bond acceptors (Lipinski definition) is 10.